The van der Waals surface area contributed by atoms with Gasteiger partial charge in [-0.3, -0.25) is 5.43 Å². The van der Waals surface area contributed by atoms with E-state index in [1.54, 1.807) is 7.05 Å². The number of benzene rings is 3. The van der Waals surface area contributed by atoms with E-state index in [1.165, 1.54) is 27.2 Å². The van der Waals surface area contributed by atoms with E-state index in [-0.39, 0.29) is 0 Å². The van der Waals surface area contributed by atoms with Crippen molar-refractivity contribution in [1.82, 2.24) is 15.3 Å². The van der Waals surface area contributed by atoms with E-state index in [0.29, 0.717) is 5.11 Å². The molecule has 5 heteroatoms. The van der Waals surface area contributed by atoms with Gasteiger partial charge in [0.2, 0.25) is 0 Å². The number of nitrogens with zero attached hydrogens (tertiary/aromatic N) is 2. The van der Waals surface area contributed by atoms with Crippen LogP contribution in [0.5, 0.6) is 0 Å². The third-order valence-corrected chi connectivity index (χ3v) is 4.88. The highest BCUT2D eigenvalue weighted by Crippen LogP contribution is 2.22. The number of aromatic nitrogens is 1. The lowest BCUT2D eigenvalue weighted by Crippen LogP contribution is -2.28. The molecule has 3 aromatic carbocycles. The Kier molecular flexibility index (Phi) is 4.85. The third kappa shape index (κ3) is 3.68. The van der Waals surface area contributed by atoms with Crippen LogP contribution in [0.4, 0.5) is 0 Å². The molecule has 134 valence electrons. The summed E-state index contributed by atoms with van der Waals surface area (Å²) < 4.78 is 2.26. The Balaban J connectivity index is 1.67. The highest BCUT2D eigenvalue weighted by molar-refractivity contribution is 7.80. The molecule has 0 aliphatic carbocycles. The fourth-order valence-corrected chi connectivity index (χ4v) is 3.31. The van der Waals surface area contributed by atoms with Crippen molar-refractivity contribution in [2.24, 2.45) is 5.10 Å². The second-order valence-electron chi connectivity index (χ2n) is 6.36. The molecule has 1 aromatic heterocycles. The molecule has 0 spiro atoms. The Hall–Kier alpha value is -3.18. The van der Waals surface area contributed by atoms with Gasteiger partial charge in [0.25, 0.3) is 0 Å². The normalized spacial score (nSPS) is 11.3. The molecule has 0 saturated carbocycles. The zero-order valence-electron chi connectivity index (χ0n) is 15.0. The second-order valence-corrected chi connectivity index (χ2v) is 6.77. The number of rotatable bonds is 4. The summed E-state index contributed by atoms with van der Waals surface area (Å²) in [4.78, 5) is 0. The topological polar surface area (TPSA) is 41.4 Å². The smallest absolute Gasteiger partial charge is 0.186 e. The largest absolute Gasteiger partial charge is 0.364 e. The average Bonchev–Trinajstić information content (AvgIpc) is 3.05. The maximum atomic E-state index is 5.06. The minimum Gasteiger partial charge on any atom is -0.364 e. The van der Waals surface area contributed by atoms with Gasteiger partial charge in [0.05, 0.1) is 6.21 Å². The first-order chi connectivity index (χ1) is 13.2. The summed E-state index contributed by atoms with van der Waals surface area (Å²) in [5.41, 5.74) is 6.31. The summed E-state index contributed by atoms with van der Waals surface area (Å²) in [7, 11) is 1.76. The zero-order chi connectivity index (χ0) is 18.6. The monoisotopic (exact) mass is 372 g/mol. The van der Waals surface area contributed by atoms with Crippen molar-refractivity contribution in [2.75, 3.05) is 7.05 Å². The number of para-hydroxylation sites is 1. The summed E-state index contributed by atoms with van der Waals surface area (Å²) in [6.07, 6.45) is 3.94. The van der Waals surface area contributed by atoms with Gasteiger partial charge in [-0.2, -0.15) is 5.10 Å². The van der Waals surface area contributed by atoms with Crippen LogP contribution < -0.4 is 10.7 Å². The van der Waals surface area contributed by atoms with Gasteiger partial charge in [0.1, 0.15) is 0 Å². The van der Waals surface area contributed by atoms with Crippen molar-refractivity contribution in [2.45, 2.75) is 6.54 Å². The van der Waals surface area contributed by atoms with Crippen LogP contribution in [0.25, 0.3) is 21.7 Å². The van der Waals surface area contributed by atoms with Gasteiger partial charge < -0.3 is 9.88 Å². The maximum absolute atomic E-state index is 5.06. The van der Waals surface area contributed by atoms with Crippen LogP contribution >= 0.6 is 12.2 Å². The van der Waals surface area contributed by atoms with Crippen LogP contribution in [0.3, 0.4) is 0 Å². The summed E-state index contributed by atoms with van der Waals surface area (Å²) in [6, 6.07) is 23.4. The molecule has 0 aliphatic heterocycles. The van der Waals surface area contributed by atoms with E-state index in [2.05, 4.69) is 87.3 Å². The van der Waals surface area contributed by atoms with Crippen LogP contribution in [-0.2, 0) is 6.54 Å². The first kappa shape index (κ1) is 17.2. The summed E-state index contributed by atoms with van der Waals surface area (Å²) in [5.74, 6) is 0. The molecule has 1 heterocycles. The SMILES string of the molecule is CNC(=S)N/N=C/c1cn(Cc2ccc3ccccc3c2)c2ccccc12. The highest BCUT2D eigenvalue weighted by atomic mass is 32.1. The minimum atomic E-state index is 0.492. The molecule has 27 heavy (non-hydrogen) atoms. The quantitative estimate of drug-likeness (QED) is 0.319. The Morgan fingerprint density at radius 1 is 1.04 bits per heavy atom. The Bertz CT molecular complexity index is 1140. The predicted molar refractivity (Wildman–Crippen MR) is 117 cm³/mol. The number of hydrogen-bond donors (Lipinski definition) is 2. The van der Waals surface area contributed by atoms with Gasteiger partial charge in [0.15, 0.2) is 5.11 Å². The summed E-state index contributed by atoms with van der Waals surface area (Å²) >= 11 is 5.06. The lowest BCUT2D eigenvalue weighted by Gasteiger charge is -2.07. The van der Waals surface area contributed by atoms with E-state index in [1.807, 2.05) is 12.3 Å². The van der Waals surface area contributed by atoms with Gasteiger partial charge in [-0.15, -0.1) is 0 Å². The predicted octanol–water partition coefficient (Wildman–Crippen LogP) is 4.27. The minimum absolute atomic E-state index is 0.492. The first-order valence-corrected chi connectivity index (χ1v) is 9.22. The van der Waals surface area contributed by atoms with E-state index in [4.69, 9.17) is 12.2 Å². The zero-order valence-corrected chi connectivity index (χ0v) is 15.8. The van der Waals surface area contributed by atoms with Crippen LogP contribution in [0.2, 0.25) is 0 Å². The second kappa shape index (κ2) is 7.60. The maximum Gasteiger partial charge on any atom is 0.186 e. The average molecular weight is 372 g/mol. The van der Waals surface area contributed by atoms with Crippen LogP contribution in [0.15, 0.2) is 78.0 Å². The molecular formula is C22H20N4S. The van der Waals surface area contributed by atoms with E-state index in [0.717, 1.165) is 12.1 Å². The molecule has 0 radical (unpaired) electrons. The molecular weight excluding hydrogens is 352 g/mol. The Morgan fingerprint density at radius 3 is 2.67 bits per heavy atom. The molecule has 0 bridgehead atoms. The lowest BCUT2D eigenvalue weighted by molar-refractivity contribution is 0.837. The molecule has 0 unspecified atom stereocenters. The van der Waals surface area contributed by atoms with Crippen LogP contribution in [0.1, 0.15) is 11.1 Å². The highest BCUT2D eigenvalue weighted by Gasteiger charge is 2.07. The van der Waals surface area contributed by atoms with Crippen LogP contribution in [-0.4, -0.2) is 22.9 Å². The number of thiocarbonyl (C=S) groups is 1. The summed E-state index contributed by atoms with van der Waals surface area (Å²) in [6.45, 7) is 0.807. The number of fused-ring (bicyclic) bond motifs is 2. The lowest BCUT2D eigenvalue weighted by atomic mass is 10.1. The van der Waals surface area contributed by atoms with E-state index < -0.39 is 0 Å². The van der Waals surface area contributed by atoms with Crippen molar-refractivity contribution in [3.05, 3.63) is 84.1 Å². The van der Waals surface area contributed by atoms with Gasteiger partial charge in [-0.1, -0.05) is 54.6 Å². The molecule has 4 nitrogen and oxygen atoms in total. The molecule has 0 atom stereocenters. The number of hydrogen-bond acceptors (Lipinski definition) is 2. The molecule has 0 fully saturated rings. The molecule has 0 saturated heterocycles. The molecule has 4 rings (SSSR count). The van der Waals surface area contributed by atoms with Crippen molar-refractivity contribution in [3.8, 4) is 0 Å². The van der Waals surface area contributed by atoms with E-state index in [9.17, 15) is 0 Å². The fourth-order valence-electron chi connectivity index (χ4n) is 3.26. The molecule has 0 aliphatic rings. The molecule has 0 amide bonds. The van der Waals surface area contributed by atoms with Gasteiger partial charge in [0, 0.05) is 36.3 Å². The van der Waals surface area contributed by atoms with Crippen molar-refractivity contribution in [1.29, 1.82) is 0 Å². The standard InChI is InChI=1S/C22H20N4S/c1-23-22(27)25-24-13-19-15-26(21-9-5-4-8-20(19)21)14-16-10-11-17-6-2-3-7-18(17)12-16/h2-13,15H,14H2,1H3,(H2,23,25,27)/b24-13+. The number of nitrogens with one attached hydrogen (secondary N) is 2. The molecule has 2 N–H and O–H groups in total. The van der Waals surface area contributed by atoms with Gasteiger partial charge >= 0.3 is 0 Å². The Labute approximate surface area is 163 Å². The van der Waals surface area contributed by atoms with Crippen molar-refractivity contribution < 1.29 is 0 Å². The van der Waals surface area contributed by atoms with E-state index >= 15 is 0 Å². The molecule has 4 aromatic rings. The summed E-state index contributed by atoms with van der Waals surface area (Å²) in [5, 5.41) is 11.3. The number of hydrazone groups is 1. The van der Waals surface area contributed by atoms with Gasteiger partial charge in [-0.05, 0) is 40.7 Å². The van der Waals surface area contributed by atoms with Crippen LogP contribution in [0, 0.1) is 0 Å². The van der Waals surface area contributed by atoms with Crippen molar-refractivity contribution >= 4 is 45.2 Å². The van der Waals surface area contributed by atoms with Crippen molar-refractivity contribution in [3.63, 3.8) is 0 Å². The Morgan fingerprint density at radius 2 is 1.81 bits per heavy atom. The fraction of sp³-hybridized carbons (Fsp3) is 0.0909. The first-order valence-electron chi connectivity index (χ1n) is 8.81. The third-order valence-electron chi connectivity index (χ3n) is 4.58. The van der Waals surface area contributed by atoms with Gasteiger partial charge in [-0.25, -0.2) is 0 Å².